The Morgan fingerprint density at radius 2 is 1.61 bits per heavy atom. The van der Waals surface area contributed by atoms with Gasteiger partial charge in [0.15, 0.2) is 0 Å². The minimum atomic E-state index is 0.513. The molecule has 2 rings (SSSR count). The summed E-state index contributed by atoms with van der Waals surface area (Å²) in [6.07, 6.45) is 1.11. The van der Waals surface area contributed by atoms with Gasteiger partial charge in [-0.25, -0.2) is 0 Å². The van der Waals surface area contributed by atoms with Crippen molar-refractivity contribution in [1.29, 1.82) is 0 Å². The van der Waals surface area contributed by atoms with Gasteiger partial charge in [0.2, 0.25) is 0 Å². The van der Waals surface area contributed by atoms with Crippen LogP contribution in [-0.2, 0) is 0 Å². The number of hydrogen-bond donors (Lipinski definition) is 2. The molecule has 0 amide bonds. The van der Waals surface area contributed by atoms with Gasteiger partial charge in [-0.2, -0.15) is 0 Å². The van der Waals surface area contributed by atoms with E-state index in [1.54, 1.807) is 0 Å². The zero-order valence-electron chi connectivity index (χ0n) is 14.6. The first kappa shape index (κ1) is 17.1. The fourth-order valence-corrected chi connectivity index (χ4v) is 3.29. The van der Waals surface area contributed by atoms with Gasteiger partial charge in [-0.15, -0.1) is 0 Å². The van der Waals surface area contributed by atoms with Crippen LogP contribution in [0.4, 0.5) is 0 Å². The molecule has 0 aliphatic rings. The quantitative estimate of drug-likeness (QED) is 0.749. The Morgan fingerprint density at radius 3 is 2.17 bits per heavy atom. The van der Waals surface area contributed by atoms with Crippen molar-refractivity contribution in [2.75, 3.05) is 7.05 Å². The third kappa shape index (κ3) is 3.76. The molecule has 122 valence electrons. The number of nitrogens with one attached hydrogen (secondary N) is 1. The summed E-state index contributed by atoms with van der Waals surface area (Å²) in [4.78, 5) is 0. The second kappa shape index (κ2) is 7.87. The van der Waals surface area contributed by atoms with E-state index in [4.69, 9.17) is 5.73 Å². The second-order valence-corrected chi connectivity index (χ2v) is 6.25. The van der Waals surface area contributed by atoms with E-state index < -0.39 is 0 Å². The highest BCUT2D eigenvalue weighted by Gasteiger charge is 2.19. The molecule has 0 aromatic heterocycles. The highest BCUT2D eigenvalue weighted by Crippen LogP contribution is 2.33. The van der Waals surface area contributed by atoms with Crippen molar-refractivity contribution in [3.63, 3.8) is 0 Å². The van der Waals surface area contributed by atoms with E-state index in [0.717, 1.165) is 28.9 Å². The molecule has 0 saturated carbocycles. The van der Waals surface area contributed by atoms with Gasteiger partial charge in [-0.1, -0.05) is 75.4 Å². The molecule has 0 heterocycles. The molecule has 2 nitrogen and oxygen atoms in total. The number of benzene rings is 2. The van der Waals surface area contributed by atoms with Crippen LogP contribution in [0.25, 0.3) is 11.4 Å². The first-order chi connectivity index (χ1) is 11.1. The molecule has 0 saturated heterocycles. The summed E-state index contributed by atoms with van der Waals surface area (Å²) >= 11 is 0. The van der Waals surface area contributed by atoms with E-state index in [1.165, 1.54) is 5.56 Å². The molecule has 0 aliphatic heterocycles. The fraction of sp³-hybridized carbons (Fsp3) is 0.333. The lowest BCUT2D eigenvalue weighted by atomic mass is 9.83. The second-order valence-electron chi connectivity index (χ2n) is 6.25. The summed E-state index contributed by atoms with van der Waals surface area (Å²) < 4.78 is 0. The normalized spacial score (nSPS) is 13.6. The summed E-state index contributed by atoms with van der Waals surface area (Å²) in [5, 5.41) is 3.28. The Hall–Kier alpha value is -2.22. The largest absolute Gasteiger partial charge is 0.397 e. The van der Waals surface area contributed by atoms with Gasteiger partial charge in [0.05, 0.1) is 11.4 Å². The van der Waals surface area contributed by atoms with Crippen molar-refractivity contribution in [2.45, 2.75) is 33.1 Å². The van der Waals surface area contributed by atoms with Crippen LogP contribution in [0.1, 0.15) is 49.8 Å². The summed E-state index contributed by atoms with van der Waals surface area (Å²) in [6.45, 7) is 6.81. The van der Waals surface area contributed by atoms with Gasteiger partial charge >= 0.3 is 0 Å². The number of hydrogen-bond acceptors (Lipinski definition) is 2. The Kier molecular flexibility index (Phi) is 5.86. The van der Waals surface area contributed by atoms with Gasteiger partial charge in [-0.05, 0) is 29.4 Å². The molecule has 3 N–H and O–H groups in total. The van der Waals surface area contributed by atoms with Gasteiger partial charge in [-0.3, -0.25) is 0 Å². The van der Waals surface area contributed by atoms with Crippen molar-refractivity contribution >= 4 is 11.4 Å². The van der Waals surface area contributed by atoms with Crippen LogP contribution in [0.2, 0.25) is 0 Å². The lowest BCUT2D eigenvalue weighted by Gasteiger charge is -2.24. The van der Waals surface area contributed by atoms with Gasteiger partial charge in [0.1, 0.15) is 0 Å². The van der Waals surface area contributed by atoms with E-state index in [-0.39, 0.29) is 0 Å². The molecule has 23 heavy (non-hydrogen) atoms. The van der Waals surface area contributed by atoms with Crippen LogP contribution in [-0.4, -0.2) is 7.05 Å². The molecule has 0 aliphatic carbocycles. The zero-order valence-corrected chi connectivity index (χ0v) is 14.6. The molecule has 2 heteroatoms. The van der Waals surface area contributed by atoms with Crippen molar-refractivity contribution in [1.82, 2.24) is 5.32 Å². The Labute approximate surface area is 140 Å². The topological polar surface area (TPSA) is 38.0 Å². The molecular formula is C21H28N2. The SMILES string of the molecule is CCC(c1ccccc1/C(N)=C(/NC)c1ccccc1)C(C)C. The molecule has 2 aromatic carbocycles. The highest BCUT2D eigenvalue weighted by molar-refractivity contribution is 5.89. The molecule has 2 aromatic rings. The van der Waals surface area contributed by atoms with Crippen LogP contribution in [0.3, 0.4) is 0 Å². The summed E-state index contributed by atoms with van der Waals surface area (Å²) in [5.74, 6) is 1.10. The molecule has 0 spiro atoms. The number of nitrogens with two attached hydrogens (primary N) is 1. The third-order valence-corrected chi connectivity index (χ3v) is 4.48. The summed E-state index contributed by atoms with van der Waals surface area (Å²) in [6, 6.07) is 18.8. The van der Waals surface area contributed by atoms with Crippen molar-refractivity contribution in [3.8, 4) is 0 Å². The van der Waals surface area contributed by atoms with Crippen molar-refractivity contribution in [2.24, 2.45) is 11.7 Å². The van der Waals surface area contributed by atoms with Crippen LogP contribution in [0.15, 0.2) is 54.6 Å². The fourth-order valence-electron chi connectivity index (χ4n) is 3.29. The maximum Gasteiger partial charge on any atom is 0.0651 e. The van der Waals surface area contributed by atoms with E-state index in [0.29, 0.717) is 11.8 Å². The molecule has 1 atom stereocenters. The van der Waals surface area contributed by atoms with Gasteiger partial charge in [0.25, 0.3) is 0 Å². The van der Waals surface area contributed by atoms with Crippen LogP contribution >= 0.6 is 0 Å². The maximum atomic E-state index is 6.59. The standard InChI is InChI=1S/C21H28N2/c1-5-17(15(2)3)18-13-9-10-14-19(18)20(22)21(23-4)16-11-7-6-8-12-16/h6-15,17,23H,5,22H2,1-4H3/b21-20-. The predicted octanol–water partition coefficient (Wildman–Crippen LogP) is 4.84. The lowest BCUT2D eigenvalue weighted by molar-refractivity contribution is 0.484. The van der Waals surface area contributed by atoms with Crippen molar-refractivity contribution < 1.29 is 0 Å². The average Bonchev–Trinajstić information content (AvgIpc) is 2.57. The monoisotopic (exact) mass is 308 g/mol. The molecule has 0 radical (unpaired) electrons. The minimum absolute atomic E-state index is 0.513. The summed E-state index contributed by atoms with van der Waals surface area (Å²) in [7, 11) is 1.93. The summed E-state index contributed by atoms with van der Waals surface area (Å²) in [5.41, 5.74) is 12.0. The van der Waals surface area contributed by atoms with E-state index in [9.17, 15) is 0 Å². The van der Waals surface area contributed by atoms with Crippen molar-refractivity contribution in [3.05, 3.63) is 71.3 Å². The molecule has 1 unspecified atom stereocenters. The lowest BCUT2D eigenvalue weighted by Crippen LogP contribution is -2.15. The predicted molar refractivity (Wildman–Crippen MR) is 101 cm³/mol. The first-order valence-electron chi connectivity index (χ1n) is 8.42. The van der Waals surface area contributed by atoms with E-state index in [1.807, 2.05) is 25.2 Å². The minimum Gasteiger partial charge on any atom is -0.397 e. The molecule has 0 fully saturated rings. The third-order valence-electron chi connectivity index (χ3n) is 4.48. The molecular weight excluding hydrogens is 280 g/mol. The van der Waals surface area contributed by atoms with Crippen LogP contribution in [0.5, 0.6) is 0 Å². The van der Waals surface area contributed by atoms with Gasteiger partial charge in [0, 0.05) is 12.6 Å². The highest BCUT2D eigenvalue weighted by atomic mass is 14.9. The Bertz CT molecular complexity index is 657. The van der Waals surface area contributed by atoms with E-state index >= 15 is 0 Å². The zero-order chi connectivity index (χ0) is 16.8. The van der Waals surface area contributed by atoms with Gasteiger partial charge < -0.3 is 11.1 Å². The average molecular weight is 308 g/mol. The first-order valence-corrected chi connectivity index (χ1v) is 8.42. The molecule has 0 bridgehead atoms. The van der Waals surface area contributed by atoms with Crippen LogP contribution in [0, 0.1) is 5.92 Å². The van der Waals surface area contributed by atoms with E-state index in [2.05, 4.69) is 62.5 Å². The maximum absolute atomic E-state index is 6.59. The van der Waals surface area contributed by atoms with Crippen LogP contribution < -0.4 is 11.1 Å². The Balaban J connectivity index is 2.58. The Morgan fingerprint density at radius 1 is 1.00 bits per heavy atom. The smallest absolute Gasteiger partial charge is 0.0651 e. The number of rotatable bonds is 6.